The average Bonchev–Trinajstić information content (AvgIpc) is 2.47. The summed E-state index contributed by atoms with van der Waals surface area (Å²) in [6.07, 6.45) is 1.17. The molecule has 0 atom stereocenters. The summed E-state index contributed by atoms with van der Waals surface area (Å²) in [5, 5.41) is 15.6. The smallest absolute Gasteiger partial charge is 0.341 e. The van der Waals surface area contributed by atoms with E-state index in [4.69, 9.17) is 23.1 Å². The number of carbonyl (C=O) groups is 1. The van der Waals surface area contributed by atoms with Gasteiger partial charge in [-0.15, -0.1) is 0 Å². The Balaban J connectivity index is 3.00. The third-order valence-corrected chi connectivity index (χ3v) is 1.87. The van der Waals surface area contributed by atoms with Crippen LogP contribution in [-0.4, -0.2) is 32.5 Å². The van der Waals surface area contributed by atoms with Gasteiger partial charge >= 0.3 is 5.97 Å². The van der Waals surface area contributed by atoms with Crippen molar-refractivity contribution in [2.24, 2.45) is 0 Å². The van der Waals surface area contributed by atoms with E-state index in [0.717, 1.165) is 0 Å². The maximum atomic E-state index is 10.6. The van der Waals surface area contributed by atoms with Crippen LogP contribution in [0.5, 0.6) is 0 Å². The molecule has 1 aromatic heterocycles. The first-order valence-electron chi connectivity index (χ1n) is 3.93. The van der Waals surface area contributed by atoms with Crippen LogP contribution in [0.1, 0.15) is 17.3 Å². The zero-order valence-corrected chi connectivity index (χ0v) is 8.34. The fraction of sp³-hybridized carbons (Fsp3) is 0.286. The summed E-state index contributed by atoms with van der Waals surface area (Å²) >= 11 is 4.92. The number of nitrogen functional groups attached to an aromatic ring is 1. The van der Waals surface area contributed by atoms with Gasteiger partial charge < -0.3 is 16.2 Å². The highest BCUT2D eigenvalue weighted by atomic mass is 32.1. The van der Waals surface area contributed by atoms with E-state index in [1.165, 1.54) is 10.9 Å². The predicted octanol–water partition coefficient (Wildman–Crippen LogP) is -0.0940. The number of nitrogens with one attached hydrogen (secondary N) is 1. The number of hydrogen-bond donors (Lipinski definition) is 3. The number of aromatic nitrogens is 2. The van der Waals surface area contributed by atoms with Crippen molar-refractivity contribution in [3.05, 3.63) is 11.8 Å². The quantitative estimate of drug-likeness (QED) is 0.595. The first-order valence-corrected chi connectivity index (χ1v) is 4.33. The molecular formula is C7H10N4O2S. The fourth-order valence-corrected chi connectivity index (χ4v) is 1.20. The lowest BCUT2D eigenvalue weighted by molar-refractivity contribution is 0.0698. The van der Waals surface area contributed by atoms with Crippen LogP contribution in [0.4, 0.5) is 5.82 Å². The summed E-state index contributed by atoms with van der Waals surface area (Å²) in [5.74, 6) is -1.09. The van der Waals surface area contributed by atoms with Crippen molar-refractivity contribution in [2.45, 2.75) is 6.92 Å². The molecule has 0 aliphatic heterocycles. The standard InChI is InChI=1S/C7H10N4O2S/c1-2-9-7(14)11-5(8)4(3-10-11)6(12)13/h3H,2,8H2,1H3,(H,9,14)(H,12,13). The zero-order valence-electron chi connectivity index (χ0n) is 7.52. The van der Waals surface area contributed by atoms with Crippen LogP contribution in [0.2, 0.25) is 0 Å². The average molecular weight is 214 g/mol. The number of anilines is 1. The molecule has 0 fully saturated rings. The van der Waals surface area contributed by atoms with Crippen molar-refractivity contribution < 1.29 is 9.90 Å². The molecule has 0 aliphatic rings. The molecule has 0 unspecified atom stereocenters. The highest BCUT2D eigenvalue weighted by Crippen LogP contribution is 2.09. The molecule has 76 valence electrons. The van der Waals surface area contributed by atoms with Crippen LogP contribution in [0.25, 0.3) is 0 Å². The minimum absolute atomic E-state index is 0.0310. The summed E-state index contributed by atoms with van der Waals surface area (Å²) in [6.45, 7) is 2.49. The third kappa shape index (κ3) is 1.82. The summed E-state index contributed by atoms with van der Waals surface area (Å²) in [7, 11) is 0. The fourth-order valence-electron chi connectivity index (χ4n) is 0.911. The Morgan fingerprint density at radius 1 is 1.86 bits per heavy atom. The number of aromatic carboxylic acids is 1. The minimum Gasteiger partial charge on any atom is -0.477 e. The number of rotatable bonds is 2. The number of hydrogen-bond acceptors (Lipinski definition) is 4. The second-order valence-corrected chi connectivity index (χ2v) is 2.88. The van der Waals surface area contributed by atoms with E-state index in [1.807, 2.05) is 6.92 Å². The third-order valence-electron chi connectivity index (χ3n) is 1.56. The molecule has 0 amide bonds. The van der Waals surface area contributed by atoms with Gasteiger partial charge in [-0.2, -0.15) is 9.78 Å². The SMILES string of the molecule is CCNC(=S)n1ncc(C(=O)O)c1N. The van der Waals surface area contributed by atoms with Crippen LogP contribution >= 0.6 is 12.2 Å². The van der Waals surface area contributed by atoms with Crippen molar-refractivity contribution in [3.8, 4) is 0 Å². The summed E-state index contributed by atoms with van der Waals surface area (Å²) in [6, 6.07) is 0. The Labute approximate surface area is 85.7 Å². The topological polar surface area (TPSA) is 93.2 Å². The van der Waals surface area contributed by atoms with Crippen molar-refractivity contribution in [3.63, 3.8) is 0 Å². The van der Waals surface area contributed by atoms with E-state index in [0.29, 0.717) is 6.54 Å². The molecule has 6 nitrogen and oxygen atoms in total. The monoisotopic (exact) mass is 214 g/mol. The highest BCUT2D eigenvalue weighted by molar-refractivity contribution is 7.80. The van der Waals surface area contributed by atoms with Crippen LogP contribution < -0.4 is 11.1 Å². The normalized spacial score (nSPS) is 9.79. The predicted molar refractivity (Wildman–Crippen MR) is 55.3 cm³/mol. The van der Waals surface area contributed by atoms with Gasteiger partial charge in [0, 0.05) is 6.54 Å². The number of carboxylic acid groups (broad SMARTS) is 1. The Morgan fingerprint density at radius 3 is 2.93 bits per heavy atom. The van der Waals surface area contributed by atoms with Gasteiger partial charge in [-0.25, -0.2) is 4.79 Å². The van der Waals surface area contributed by atoms with Gasteiger partial charge in [0.15, 0.2) is 5.11 Å². The molecule has 0 spiro atoms. The van der Waals surface area contributed by atoms with E-state index in [9.17, 15) is 4.79 Å². The number of carboxylic acids is 1. The van der Waals surface area contributed by atoms with Gasteiger partial charge in [0.05, 0.1) is 6.20 Å². The van der Waals surface area contributed by atoms with Crippen molar-refractivity contribution >= 4 is 29.1 Å². The number of nitrogens with zero attached hydrogens (tertiary/aromatic N) is 2. The molecule has 0 aromatic carbocycles. The maximum Gasteiger partial charge on any atom is 0.341 e. The maximum absolute atomic E-state index is 10.6. The van der Waals surface area contributed by atoms with Crippen LogP contribution in [0.15, 0.2) is 6.20 Å². The lowest BCUT2D eigenvalue weighted by atomic mass is 10.3. The van der Waals surface area contributed by atoms with Crippen molar-refractivity contribution in [1.29, 1.82) is 0 Å². The van der Waals surface area contributed by atoms with E-state index >= 15 is 0 Å². The Morgan fingerprint density at radius 2 is 2.50 bits per heavy atom. The Kier molecular flexibility index (Phi) is 3.03. The van der Waals surface area contributed by atoms with Crippen LogP contribution in [0.3, 0.4) is 0 Å². The van der Waals surface area contributed by atoms with E-state index in [-0.39, 0.29) is 16.5 Å². The molecule has 0 radical (unpaired) electrons. The number of thiocarbonyl (C=S) groups is 1. The molecule has 0 saturated carbocycles. The molecule has 14 heavy (non-hydrogen) atoms. The summed E-state index contributed by atoms with van der Waals surface area (Å²) in [4.78, 5) is 10.6. The van der Waals surface area contributed by atoms with Gasteiger partial charge in [0.25, 0.3) is 0 Å². The molecule has 7 heteroatoms. The Hall–Kier alpha value is -1.63. The summed E-state index contributed by atoms with van der Waals surface area (Å²) < 4.78 is 1.18. The van der Waals surface area contributed by atoms with Gasteiger partial charge in [0.1, 0.15) is 11.4 Å². The molecule has 0 saturated heterocycles. The molecule has 4 N–H and O–H groups in total. The molecule has 0 aliphatic carbocycles. The molecule has 1 aromatic rings. The molecule has 1 heterocycles. The zero-order chi connectivity index (χ0) is 10.7. The molecule has 0 bridgehead atoms. The largest absolute Gasteiger partial charge is 0.477 e. The van der Waals surface area contributed by atoms with Crippen molar-refractivity contribution in [1.82, 2.24) is 15.1 Å². The molecular weight excluding hydrogens is 204 g/mol. The van der Waals surface area contributed by atoms with Crippen LogP contribution in [-0.2, 0) is 0 Å². The second-order valence-electron chi connectivity index (χ2n) is 2.50. The first kappa shape index (κ1) is 10.5. The van der Waals surface area contributed by atoms with Gasteiger partial charge in [-0.1, -0.05) is 0 Å². The second kappa shape index (κ2) is 4.05. The lowest BCUT2D eigenvalue weighted by Gasteiger charge is -2.06. The highest BCUT2D eigenvalue weighted by Gasteiger charge is 2.15. The van der Waals surface area contributed by atoms with Gasteiger partial charge in [-0.05, 0) is 19.1 Å². The van der Waals surface area contributed by atoms with E-state index < -0.39 is 5.97 Å². The first-order chi connectivity index (χ1) is 6.57. The minimum atomic E-state index is -1.12. The van der Waals surface area contributed by atoms with Gasteiger partial charge in [-0.3, -0.25) is 0 Å². The lowest BCUT2D eigenvalue weighted by Crippen LogP contribution is -2.29. The number of nitrogens with two attached hydrogens (primary N) is 1. The van der Waals surface area contributed by atoms with E-state index in [1.54, 1.807) is 0 Å². The van der Waals surface area contributed by atoms with Crippen molar-refractivity contribution in [2.75, 3.05) is 12.3 Å². The molecule has 1 rings (SSSR count). The van der Waals surface area contributed by atoms with E-state index in [2.05, 4.69) is 10.4 Å². The van der Waals surface area contributed by atoms with Gasteiger partial charge in [0.2, 0.25) is 0 Å². The van der Waals surface area contributed by atoms with Crippen LogP contribution in [0, 0.1) is 0 Å². The summed E-state index contributed by atoms with van der Waals surface area (Å²) in [5.41, 5.74) is 5.48. The Bertz CT molecular complexity index is 374.